The predicted molar refractivity (Wildman–Crippen MR) is 256 cm³/mol. The zero-order valence-electron chi connectivity index (χ0n) is 37.9. The van der Waals surface area contributed by atoms with Crippen LogP contribution >= 0.6 is 15.9 Å². The standard InChI is InChI=1S/C46H57BrN10O8S/c1-6-29-24-36(50-46-48-27-34(47)43(52-46)49-35-11-10-31(63-3)25-39(35)53(2)66(5,61)62)41(64-4)26-38(29)56-16-14-30(15-17-56)55-20-18-54(19-21-55)22-23-65-40-9-7-8-32-33(40)28-57(45(32)60)37-12-13-42(58)51-44(37)59/h7-11,24-27,30,37H,6,12-23,28H2,1-5H3,(H,51,58,59)(H2,48,49,50,52). The molecule has 0 aliphatic carbocycles. The maximum atomic E-state index is 13.2. The molecule has 66 heavy (non-hydrogen) atoms. The minimum Gasteiger partial charge on any atom is -0.497 e. The fourth-order valence-electron chi connectivity index (χ4n) is 9.21. The van der Waals surface area contributed by atoms with Crippen molar-refractivity contribution in [1.82, 2.24) is 30.0 Å². The van der Waals surface area contributed by atoms with Crippen molar-refractivity contribution in [2.24, 2.45) is 0 Å². The number of carbonyl (C=O) groups excluding carboxylic acids is 3. The van der Waals surface area contributed by atoms with Gasteiger partial charge in [0.1, 0.15) is 35.7 Å². The summed E-state index contributed by atoms with van der Waals surface area (Å²) in [4.78, 5) is 55.8. The van der Waals surface area contributed by atoms with Gasteiger partial charge in [-0.1, -0.05) is 13.0 Å². The number of nitrogens with zero attached hydrogens (tertiary/aromatic N) is 7. The number of halogens is 1. The van der Waals surface area contributed by atoms with E-state index in [9.17, 15) is 22.8 Å². The number of methoxy groups -OCH3 is 2. The highest BCUT2D eigenvalue weighted by Gasteiger charge is 2.40. The largest absolute Gasteiger partial charge is 0.497 e. The third kappa shape index (κ3) is 10.2. The van der Waals surface area contributed by atoms with E-state index in [0.717, 1.165) is 88.3 Å². The smallest absolute Gasteiger partial charge is 0.255 e. The molecule has 0 spiro atoms. The van der Waals surface area contributed by atoms with Gasteiger partial charge in [-0.3, -0.25) is 33.8 Å². The van der Waals surface area contributed by atoms with E-state index in [4.69, 9.17) is 19.2 Å². The number of aromatic nitrogens is 2. The highest BCUT2D eigenvalue weighted by Crippen LogP contribution is 2.39. The lowest BCUT2D eigenvalue weighted by atomic mass is 9.99. The van der Waals surface area contributed by atoms with Gasteiger partial charge in [0.2, 0.25) is 27.8 Å². The minimum absolute atomic E-state index is 0.202. The molecule has 352 valence electrons. The van der Waals surface area contributed by atoms with Gasteiger partial charge in [0, 0.05) is 100 Å². The van der Waals surface area contributed by atoms with Crippen LogP contribution in [-0.4, -0.2) is 143 Å². The molecule has 3 fully saturated rings. The van der Waals surface area contributed by atoms with E-state index >= 15 is 0 Å². The van der Waals surface area contributed by atoms with Gasteiger partial charge in [-0.25, -0.2) is 13.4 Å². The third-order valence-corrected chi connectivity index (χ3v) is 14.8. The summed E-state index contributed by atoms with van der Waals surface area (Å²) in [6, 6.07) is 14.6. The van der Waals surface area contributed by atoms with E-state index in [0.29, 0.717) is 69.5 Å². The van der Waals surface area contributed by atoms with Crippen molar-refractivity contribution in [2.45, 2.75) is 57.7 Å². The number of anilines is 6. The van der Waals surface area contributed by atoms with Gasteiger partial charge in [-0.2, -0.15) is 4.98 Å². The van der Waals surface area contributed by atoms with Crippen molar-refractivity contribution >= 4 is 78.2 Å². The molecule has 0 bridgehead atoms. The molecule has 3 amide bonds. The van der Waals surface area contributed by atoms with Crippen LogP contribution < -0.4 is 39.4 Å². The van der Waals surface area contributed by atoms with Crippen LogP contribution in [0.5, 0.6) is 17.2 Å². The number of benzene rings is 3. The number of aryl methyl sites for hydroxylation is 1. The first-order valence-corrected chi connectivity index (χ1v) is 24.9. The Morgan fingerprint density at radius 1 is 0.924 bits per heavy atom. The van der Waals surface area contributed by atoms with E-state index in [1.54, 1.807) is 42.5 Å². The Balaban J connectivity index is 0.839. The summed E-state index contributed by atoms with van der Waals surface area (Å²) < 4.78 is 44.3. The zero-order chi connectivity index (χ0) is 46.7. The molecule has 1 atom stereocenters. The molecule has 0 saturated carbocycles. The summed E-state index contributed by atoms with van der Waals surface area (Å²) >= 11 is 3.54. The number of hydrogen-bond acceptors (Lipinski definition) is 15. The number of ether oxygens (including phenoxy) is 3. The Morgan fingerprint density at radius 2 is 1.70 bits per heavy atom. The Hall–Kier alpha value is -5.70. The number of fused-ring (bicyclic) bond motifs is 1. The van der Waals surface area contributed by atoms with Gasteiger partial charge in [0.25, 0.3) is 5.91 Å². The van der Waals surface area contributed by atoms with Crippen LogP contribution in [0.4, 0.5) is 34.5 Å². The number of amides is 3. The zero-order valence-corrected chi connectivity index (χ0v) is 40.3. The second-order valence-electron chi connectivity index (χ2n) is 16.9. The molecule has 4 aliphatic rings. The van der Waals surface area contributed by atoms with Crippen molar-refractivity contribution in [1.29, 1.82) is 0 Å². The summed E-state index contributed by atoms with van der Waals surface area (Å²) in [6.07, 6.45) is 6.24. The van der Waals surface area contributed by atoms with Gasteiger partial charge >= 0.3 is 0 Å². The normalized spacial score (nSPS) is 18.5. The lowest BCUT2D eigenvalue weighted by molar-refractivity contribution is -0.136. The maximum absolute atomic E-state index is 13.2. The van der Waals surface area contributed by atoms with Crippen LogP contribution in [0, 0.1) is 0 Å². The number of hydrogen-bond donors (Lipinski definition) is 3. The van der Waals surface area contributed by atoms with Gasteiger partial charge in [0.05, 0.1) is 48.6 Å². The average molecular weight is 990 g/mol. The fraction of sp³-hybridized carbons (Fsp3) is 0.457. The Bertz CT molecular complexity index is 2590. The molecular weight excluding hydrogens is 933 g/mol. The molecule has 3 N–H and O–H groups in total. The Kier molecular flexibility index (Phi) is 14.2. The average Bonchev–Trinajstić information content (AvgIpc) is 3.65. The summed E-state index contributed by atoms with van der Waals surface area (Å²) in [7, 11) is 1.09. The first kappa shape index (κ1) is 46.8. The number of sulfonamides is 1. The molecule has 1 aromatic heterocycles. The highest BCUT2D eigenvalue weighted by atomic mass is 79.9. The number of nitrogens with one attached hydrogen (secondary N) is 3. The third-order valence-electron chi connectivity index (χ3n) is 13.0. The molecule has 4 aromatic rings. The monoisotopic (exact) mass is 988 g/mol. The van der Waals surface area contributed by atoms with Gasteiger partial charge in [0.15, 0.2) is 0 Å². The van der Waals surface area contributed by atoms with Crippen molar-refractivity contribution in [3.05, 3.63) is 75.9 Å². The van der Waals surface area contributed by atoms with Crippen LogP contribution in [0.3, 0.4) is 0 Å². The van der Waals surface area contributed by atoms with Gasteiger partial charge in [-0.15, -0.1) is 0 Å². The number of piperidine rings is 2. The maximum Gasteiger partial charge on any atom is 0.255 e. The predicted octanol–water partition coefficient (Wildman–Crippen LogP) is 5.13. The van der Waals surface area contributed by atoms with E-state index in [2.05, 4.69) is 70.6 Å². The van der Waals surface area contributed by atoms with E-state index in [-0.39, 0.29) is 24.8 Å². The molecule has 3 aromatic carbocycles. The molecule has 1 unspecified atom stereocenters. The lowest BCUT2D eigenvalue weighted by Crippen LogP contribution is -2.53. The summed E-state index contributed by atoms with van der Waals surface area (Å²) in [6.45, 7) is 9.44. The van der Waals surface area contributed by atoms with Crippen LogP contribution in [0.25, 0.3) is 0 Å². The first-order chi connectivity index (χ1) is 31.7. The topological polar surface area (TPSA) is 191 Å². The summed E-state index contributed by atoms with van der Waals surface area (Å²) in [5, 5.41) is 8.98. The number of piperazine rings is 1. The van der Waals surface area contributed by atoms with E-state index in [1.807, 2.05) is 12.1 Å². The Labute approximate surface area is 394 Å². The molecule has 8 rings (SSSR count). The number of imide groups is 1. The summed E-state index contributed by atoms with van der Waals surface area (Å²) in [5.74, 6) is 1.67. The van der Waals surface area contributed by atoms with Gasteiger partial charge < -0.3 is 34.6 Å². The van der Waals surface area contributed by atoms with Crippen molar-refractivity contribution in [2.75, 3.05) is 99.8 Å². The van der Waals surface area contributed by atoms with E-state index < -0.39 is 22.0 Å². The minimum atomic E-state index is -3.57. The second-order valence-corrected chi connectivity index (χ2v) is 19.8. The van der Waals surface area contributed by atoms with E-state index in [1.165, 1.54) is 24.0 Å². The van der Waals surface area contributed by atoms with Crippen molar-refractivity contribution in [3.8, 4) is 17.2 Å². The van der Waals surface area contributed by atoms with Crippen LogP contribution in [0.1, 0.15) is 54.1 Å². The highest BCUT2D eigenvalue weighted by molar-refractivity contribution is 9.10. The first-order valence-electron chi connectivity index (χ1n) is 22.2. The second kappa shape index (κ2) is 20.0. The SMILES string of the molecule is CCc1cc(Nc2ncc(Br)c(Nc3ccc(OC)cc3N(C)S(C)(=O)=O)n2)c(OC)cc1N1CCC(N2CCN(CCOc3cccc4c3CN(C3CCC(=O)NC3=O)C4=O)CC2)CC1. The quantitative estimate of drug-likeness (QED) is 0.125. The number of rotatable bonds is 16. The van der Waals surface area contributed by atoms with Gasteiger partial charge in [-0.05, 0) is 77.5 Å². The van der Waals surface area contributed by atoms with Crippen molar-refractivity contribution < 1.29 is 37.0 Å². The lowest BCUT2D eigenvalue weighted by Gasteiger charge is -2.43. The molecular formula is C46H57BrN10O8S. The molecule has 0 radical (unpaired) electrons. The molecule has 5 heterocycles. The van der Waals surface area contributed by atoms with Crippen LogP contribution in [0.2, 0.25) is 0 Å². The fourth-order valence-corrected chi connectivity index (χ4v) is 10.0. The van der Waals surface area contributed by atoms with Crippen LogP contribution in [0.15, 0.2) is 59.2 Å². The van der Waals surface area contributed by atoms with Crippen LogP contribution in [-0.2, 0) is 32.6 Å². The summed E-state index contributed by atoms with van der Waals surface area (Å²) in [5.41, 5.74) is 5.30. The molecule has 20 heteroatoms. The molecule has 3 saturated heterocycles. The number of carbonyl (C=O) groups is 3. The Morgan fingerprint density at radius 3 is 2.39 bits per heavy atom. The van der Waals surface area contributed by atoms with Crippen molar-refractivity contribution in [3.63, 3.8) is 0 Å². The molecule has 18 nitrogen and oxygen atoms in total. The molecule has 4 aliphatic heterocycles.